The molecule has 0 aliphatic carbocycles. The maximum absolute atomic E-state index is 4.60. The van der Waals surface area contributed by atoms with Gasteiger partial charge in [-0.15, -0.1) is 0 Å². The molecule has 3 aromatic rings. The summed E-state index contributed by atoms with van der Waals surface area (Å²) in [7, 11) is 0. The first-order valence-electron chi connectivity index (χ1n) is 10.6. The molecule has 0 N–H and O–H groups in total. The summed E-state index contributed by atoms with van der Waals surface area (Å²) in [5.41, 5.74) is 10.6. The molecule has 0 aliphatic rings. The van der Waals surface area contributed by atoms with Crippen LogP contribution < -0.4 is 0 Å². The zero-order valence-electron chi connectivity index (χ0n) is 19.3. The second kappa shape index (κ2) is 11.3. The third kappa shape index (κ3) is 6.81. The van der Waals surface area contributed by atoms with Crippen LogP contribution in [0, 0.1) is 27.7 Å². The Morgan fingerprint density at radius 3 is 2.23 bits per heavy atom. The lowest BCUT2D eigenvalue weighted by Crippen LogP contribution is -1.99. The Labute approximate surface area is 182 Å². The van der Waals surface area contributed by atoms with Gasteiger partial charge in [-0.3, -0.25) is 9.98 Å². The van der Waals surface area contributed by atoms with Crippen LogP contribution in [0.25, 0.3) is 5.70 Å². The van der Waals surface area contributed by atoms with Crippen molar-refractivity contribution >= 4 is 11.4 Å². The summed E-state index contributed by atoms with van der Waals surface area (Å²) < 4.78 is 0. The molecule has 2 nitrogen and oxygen atoms in total. The molecule has 1 aromatic heterocycles. The number of aromatic nitrogens is 1. The highest BCUT2D eigenvalue weighted by Gasteiger charge is 2.04. The zero-order valence-corrected chi connectivity index (χ0v) is 19.3. The molecule has 0 atom stereocenters. The molecule has 2 aromatic carbocycles. The number of hydrogen-bond donors (Lipinski definition) is 0. The normalized spacial score (nSPS) is 10.9. The van der Waals surface area contributed by atoms with Crippen molar-refractivity contribution in [3.8, 4) is 0 Å². The average Bonchev–Trinajstić information content (AvgIpc) is 2.73. The van der Waals surface area contributed by atoms with Crippen molar-refractivity contribution in [1.29, 1.82) is 0 Å². The number of rotatable bonds is 5. The van der Waals surface area contributed by atoms with Crippen molar-refractivity contribution in [3.05, 3.63) is 106 Å². The molecule has 156 valence electrons. The highest BCUT2D eigenvalue weighted by Crippen LogP contribution is 2.17. The lowest BCUT2D eigenvalue weighted by molar-refractivity contribution is 0.911. The van der Waals surface area contributed by atoms with Crippen LogP contribution in [0.15, 0.2) is 72.5 Å². The quantitative estimate of drug-likeness (QED) is 0.410. The van der Waals surface area contributed by atoms with Crippen LogP contribution >= 0.6 is 0 Å². The number of hydrogen-bond acceptors (Lipinski definition) is 2. The van der Waals surface area contributed by atoms with Gasteiger partial charge in [0, 0.05) is 23.7 Å². The summed E-state index contributed by atoms with van der Waals surface area (Å²) in [6, 6.07) is 16.9. The molecular formula is C28H34N2. The van der Waals surface area contributed by atoms with E-state index in [0.29, 0.717) is 0 Å². The van der Waals surface area contributed by atoms with Gasteiger partial charge < -0.3 is 0 Å². The van der Waals surface area contributed by atoms with E-state index in [4.69, 9.17) is 0 Å². The minimum atomic E-state index is 0.742. The Kier molecular flexibility index (Phi) is 8.73. The van der Waals surface area contributed by atoms with Crippen LogP contribution in [0.1, 0.15) is 59.2 Å². The van der Waals surface area contributed by atoms with Crippen LogP contribution in [-0.2, 0) is 6.42 Å². The second-order valence-electron chi connectivity index (χ2n) is 7.88. The van der Waals surface area contributed by atoms with E-state index in [1.807, 2.05) is 19.1 Å². The van der Waals surface area contributed by atoms with Crippen LogP contribution in [0.3, 0.4) is 0 Å². The third-order valence-corrected chi connectivity index (χ3v) is 5.10. The molecule has 0 amide bonds. The summed E-state index contributed by atoms with van der Waals surface area (Å²) in [4.78, 5) is 8.69. The van der Waals surface area contributed by atoms with Crippen molar-refractivity contribution < 1.29 is 0 Å². The summed E-state index contributed by atoms with van der Waals surface area (Å²) in [5.74, 6) is 0. The van der Waals surface area contributed by atoms with Crippen LogP contribution in [-0.4, -0.2) is 10.7 Å². The van der Waals surface area contributed by atoms with Gasteiger partial charge in [-0.1, -0.05) is 61.4 Å². The molecule has 0 saturated carbocycles. The number of pyridine rings is 1. The molecule has 0 aliphatic heterocycles. The maximum Gasteiger partial charge on any atom is 0.0649 e. The molecule has 0 spiro atoms. The Morgan fingerprint density at radius 1 is 0.933 bits per heavy atom. The van der Waals surface area contributed by atoms with Crippen molar-refractivity contribution in [2.75, 3.05) is 0 Å². The molecule has 0 unspecified atom stereocenters. The highest BCUT2D eigenvalue weighted by atomic mass is 14.8. The third-order valence-electron chi connectivity index (χ3n) is 5.10. The fourth-order valence-electron chi connectivity index (χ4n) is 3.33. The van der Waals surface area contributed by atoms with Gasteiger partial charge in [0.2, 0.25) is 0 Å². The monoisotopic (exact) mass is 398 g/mol. The molecule has 0 radical (unpaired) electrons. The van der Waals surface area contributed by atoms with Gasteiger partial charge in [0.05, 0.1) is 5.70 Å². The SMILES string of the molecule is C=C(N=C(C)c1cc(C)ccc1C)c1cccnc1.CCCc1cc(C)ccc1C. The topological polar surface area (TPSA) is 25.2 Å². The lowest BCUT2D eigenvalue weighted by atomic mass is 10.0. The van der Waals surface area contributed by atoms with E-state index in [9.17, 15) is 0 Å². The van der Waals surface area contributed by atoms with Crippen molar-refractivity contribution in [3.63, 3.8) is 0 Å². The minimum Gasteiger partial charge on any atom is -0.264 e. The van der Waals surface area contributed by atoms with Crippen molar-refractivity contribution in [2.45, 2.75) is 54.4 Å². The largest absolute Gasteiger partial charge is 0.264 e. The predicted molar refractivity (Wildman–Crippen MR) is 131 cm³/mol. The Bertz CT molecular complexity index is 1010. The van der Waals surface area contributed by atoms with E-state index in [2.05, 4.69) is 87.6 Å². The molecule has 0 bridgehead atoms. The van der Waals surface area contributed by atoms with Gasteiger partial charge >= 0.3 is 0 Å². The van der Waals surface area contributed by atoms with Gasteiger partial charge in [-0.05, 0) is 81.5 Å². The maximum atomic E-state index is 4.60. The first kappa shape index (κ1) is 23.3. The molecular weight excluding hydrogens is 364 g/mol. The summed E-state index contributed by atoms with van der Waals surface area (Å²) >= 11 is 0. The molecule has 0 fully saturated rings. The van der Waals surface area contributed by atoms with Crippen LogP contribution in [0.4, 0.5) is 0 Å². The van der Waals surface area contributed by atoms with E-state index in [0.717, 1.165) is 17.0 Å². The molecule has 30 heavy (non-hydrogen) atoms. The van der Waals surface area contributed by atoms with E-state index in [1.54, 1.807) is 12.4 Å². The second-order valence-corrected chi connectivity index (χ2v) is 7.88. The number of nitrogens with zero attached hydrogens (tertiary/aromatic N) is 2. The Morgan fingerprint density at radius 2 is 1.60 bits per heavy atom. The van der Waals surface area contributed by atoms with E-state index >= 15 is 0 Å². The Balaban J connectivity index is 0.000000248. The molecule has 3 rings (SSSR count). The Hall–Kier alpha value is -3.00. The molecule has 0 saturated heterocycles. The van der Waals surface area contributed by atoms with E-state index < -0.39 is 0 Å². The summed E-state index contributed by atoms with van der Waals surface area (Å²) in [6.45, 7) is 16.8. The van der Waals surface area contributed by atoms with Gasteiger partial charge in [-0.25, -0.2) is 0 Å². The van der Waals surface area contributed by atoms with Gasteiger partial charge in [0.1, 0.15) is 0 Å². The minimum absolute atomic E-state index is 0.742. The molecule has 1 heterocycles. The van der Waals surface area contributed by atoms with Gasteiger partial charge in [-0.2, -0.15) is 0 Å². The first-order chi connectivity index (χ1) is 14.3. The van der Waals surface area contributed by atoms with Crippen LogP contribution in [0.2, 0.25) is 0 Å². The predicted octanol–water partition coefficient (Wildman–Crippen LogP) is 7.43. The fraction of sp³-hybridized carbons (Fsp3) is 0.286. The molecule has 2 heteroatoms. The average molecular weight is 399 g/mol. The smallest absolute Gasteiger partial charge is 0.0649 e. The zero-order chi connectivity index (χ0) is 22.1. The van der Waals surface area contributed by atoms with Crippen molar-refractivity contribution in [2.24, 2.45) is 4.99 Å². The number of benzene rings is 2. The summed E-state index contributed by atoms with van der Waals surface area (Å²) in [5, 5.41) is 0. The number of aryl methyl sites for hydroxylation is 5. The number of aliphatic imine (C=N–C) groups is 1. The van der Waals surface area contributed by atoms with E-state index in [1.165, 1.54) is 46.2 Å². The lowest BCUT2D eigenvalue weighted by Gasteiger charge is -2.08. The van der Waals surface area contributed by atoms with Gasteiger partial charge in [0.15, 0.2) is 0 Å². The fourth-order valence-corrected chi connectivity index (χ4v) is 3.33. The van der Waals surface area contributed by atoms with E-state index in [-0.39, 0.29) is 0 Å². The standard InChI is InChI=1S/C17H18N2.C11H16/c1-12-7-8-13(2)17(10-12)15(4)19-14(3)16-6-5-9-18-11-16;1-4-5-11-8-9(2)6-7-10(11)3/h5-11H,3H2,1-2,4H3;6-8H,4-5H2,1-3H3. The van der Waals surface area contributed by atoms with Crippen molar-refractivity contribution in [1.82, 2.24) is 4.98 Å². The van der Waals surface area contributed by atoms with Gasteiger partial charge in [0.25, 0.3) is 0 Å². The summed E-state index contributed by atoms with van der Waals surface area (Å²) in [6.07, 6.45) is 5.98. The van der Waals surface area contributed by atoms with Crippen LogP contribution in [0.5, 0.6) is 0 Å². The first-order valence-corrected chi connectivity index (χ1v) is 10.6. The highest BCUT2D eigenvalue weighted by molar-refractivity contribution is 6.02.